The Kier molecular flexibility index (Phi) is 7.91. The van der Waals surface area contributed by atoms with E-state index in [0.717, 1.165) is 48.4 Å². The number of hydrogen-bond donors (Lipinski definition) is 1. The molecule has 0 bridgehead atoms. The van der Waals surface area contributed by atoms with E-state index in [1.807, 2.05) is 67.9 Å². The van der Waals surface area contributed by atoms with Crippen molar-refractivity contribution in [1.82, 2.24) is 19.7 Å². The third kappa shape index (κ3) is 6.59. The molecule has 1 aromatic carbocycles. The largest absolute Gasteiger partial charge is 0.487 e. The van der Waals surface area contributed by atoms with E-state index in [2.05, 4.69) is 10.1 Å². The van der Waals surface area contributed by atoms with Gasteiger partial charge in [-0.3, -0.25) is 4.98 Å². The number of aromatic nitrogens is 3. The monoisotopic (exact) mass is 534 g/mol. The van der Waals surface area contributed by atoms with Crippen molar-refractivity contribution in [3.05, 3.63) is 66.0 Å². The van der Waals surface area contributed by atoms with Crippen molar-refractivity contribution in [3.8, 4) is 17.1 Å². The van der Waals surface area contributed by atoms with Gasteiger partial charge in [0.25, 0.3) is 0 Å². The van der Waals surface area contributed by atoms with Crippen LogP contribution in [0.1, 0.15) is 70.2 Å². The summed E-state index contributed by atoms with van der Waals surface area (Å²) in [5.41, 5.74) is 1.98. The van der Waals surface area contributed by atoms with E-state index in [1.165, 1.54) is 0 Å². The molecule has 9 heteroatoms. The smallest absolute Gasteiger partial charge is 0.410 e. The van der Waals surface area contributed by atoms with Gasteiger partial charge in [0, 0.05) is 25.9 Å². The molecule has 1 unspecified atom stereocenters. The zero-order valence-corrected chi connectivity index (χ0v) is 23.0. The van der Waals surface area contributed by atoms with Crippen LogP contribution in [-0.2, 0) is 21.7 Å². The SMILES string of the molecule is CC(C)(C)OC(=O)N1CCC(O)(c2cccc(COc3ccc(-c4ccnn4C4CCCCO4)nc3)c2)CC1. The van der Waals surface area contributed by atoms with E-state index in [4.69, 9.17) is 14.2 Å². The summed E-state index contributed by atoms with van der Waals surface area (Å²) < 4.78 is 19.3. The van der Waals surface area contributed by atoms with E-state index >= 15 is 0 Å². The Balaban J connectivity index is 1.18. The van der Waals surface area contributed by atoms with Crippen LogP contribution in [-0.4, -0.2) is 56.2 Å². The van der Waals surface area contributed by atoms with Crippen LogP contribution in [0.15, 0.2) is 54.9 Å². The second-order valence-corrected chi connectivity index (χ2v) is 11.3. The highest BCUT2D eigenvalue weighted by atomic mass is 16.6. The number of amides is 1. The van der Waals surface area contributed by atoms with Crippen molar-refractivity contribution >= 4 is 6.09 Å². The fourth-order valence-corrected chi connectivity index (χ4v) is 5.07. The maximum Gasteiger partial charge on any atom is 0.410 e. The van der Waals surface area contributed by atoms with Crippen LogP contribution in [0.2, 0.25) is 0 Å². The van der Waals surface area contributed by atoms with Crippen molar-refractivity contribution in [3.63, 3.8) is 0 Å². The van der Waals surface area contributed by atoms with Crippen LogP contribution >= 0.6 is 0 Å². The lowest BCUT2D eigenvalue weighted by molar-refractivity contribution is -0.0384. The Labute approximate surface area is 229 Å². The molecule has 5 rings (SSSR count). The summed E-state index contributed by atoms with van der Waals surface area (Å²) in [4.78, 5) is 18.7. The lowest BCUT2D eigenvalue weighted by Crippen LogP contribution is -2.46. The van der Waals surface area contributed by atoms with Gasteiger partial charge in [-0.2, -0.15) is 5.10 Å². The fourth-order valence-electron chi connectivity index (χ4n) is 5.07. The highest BCUT2D eigenvalue weighted by Crippen LogP contribution is 2.34. The van der Waals surface area contributed by atoms with E-state index in [0.29, 0.717) is 38.3 Å². The van der Waals surface area contributed by atoms with Gasteiger partial charge in [-0.25, -0.2) is 9.48 Å². The Bertz CT molecular complexity index is 1250. The lowest BCUT2D eigenvalue weighted by Gasteiger charge is -2.39. The minimum atomic E-state index is -0.997. The van der Waals surface area contributed by atoms with Crippen LogP contribution in [0.25, 0.3) is 11.4 Å². The second-order valence-electron chi connectivity index (χ2n) is 11.3. The molecule has 208 valence electrons. The topological polar surface area (TPSA) is 98.9 Å². The summed E-state index contributed by atoms with van der Waals surface area (Å²) >= 11 is 0. The van der Waals surface area contributed by atoms with Crippen molar-refractivity contribution in [2.24, 2.45) is 0 Å². The van der Waals surface area contributed by atoms with Crippen LogP contribution in [0.5, 0.6) is 5.75 Å². The number of ether oxygens (including phenoxy) is 3. The maximum atomic E-state index is 12.4. The summed E-state index contributed by atoms with van der Waals surface area (Å²) in [6.07, 6.45) is 7.19. The molecule has 1 atom stereocenters. The van der Waals surface area contributed by atoms with Gasteiger partial charge in [0.1, 0.15) is 18.0 Å². The number of carbonyl (C=O) groups excluding carboxylic acids is 1. The molecule has 0 saturated carbocycles. The first-order valence-corrected chi connectivity index (χ1v) is 13.7. The van der Waals surface area contributed by atoms with Crippen LogP contribution in [0.4, 0.5) is 4.79 Å². The third-order valence-electron chi connectivity index (χ3n) is 7.21. The first-order valence-electron chi connectivity index (χ1n) is 13.7. The van der Waals surface area contributed by atoms with Gasteiger partial charge in [-0.1, -0.05) is 18.2 Å². The first-order chi connectivity index (χ1) is 18.7. The molecule has 4 heterocycles. The van der Waals surface area contributed by atoms with Gasteiger partial charge >= 0.3 is 6.09 Å². The standard InChI is InChI=1S/C30H38N4O5/c1-29(2,3)39-28(35)33-16-13-30(36,14-17-33)23-8-6-7-22(19-23)21-38-24-10-11-25(31-20-24)26-12-15-32-34(26)27-9-4-5-18-37-27/h6-8,10-12,15,19-20,27,36H,4-5,9,13-14,16-18,21H2,1-3H3. The van der Waals surface area contributed by atoms with Crippen LogP contribution < -0.4 is 4.74 Å². The van der Waals surface area contributed by atoms with Gasteiger partial charge < -0.3 is 24.2 Å². The number of aliphatic hydroxyl groups is 1. The zero-order chi connectivity index (χ0) is 27.5. The first kappa shape index (κ1) is 27.1. The number of carbonyl (C=O) groups is 1. The number of benzene rings is 1. The molecule has 2 aliphatic rings. The van der Waals surface area contributed by atoms with E-state index in [-0.39, 0.29) is 12.3 Å². The van der Waals surface area contributed by atoms with Crippen molar-refractivity contribution < 1.29 is 24.1 Å². The summed E-state index contributed by atoms with van der Waals surface area (Å²) in [5.74, 6) is 0.661. The normalized spacial score (nSPS) is 19.5. The molecule has 2 aromatic heterocycles. The Morgan fingerprint density at radius 3 is 2.67 bits per heavy atom. The number of rotatable bonds is 6. The van der Waals surface area contributed by atoms with Gasteiger partial charge in [0.15, 0.2) is 6.23 Å². The minimum absolute atomic E-state index is 0.0480. The molecule has 9 nitrogen and oxygen atoms in total. The molecule has 0 radical (unpaired) electrons. The fraction of sp³-hybridized carbons (Fsp3) is 0.500. The average molecular weight is 535 g/mol. The number of piperidine rings is 1. The lowest BCUT2D eigenvalue weighted by atomic mass is 9.84. The van der Waals surface area contributed by atoms with E-state index in [1.54, 1.807) is 17.3 Å². The number of likely N-dealkylation sites (tertiary alicyclic amines) is 1. The predicted octanol–water partition coefficient (Wildman–Crippen LogP) is 5.44. The van der Waals surface area contributed by atoms with Gasteiger partial charge in [0.2, 0.25) is 0 Å². The minimum Gasteiger partial charge on any atom is -0.487 e. The molecule has 3 aromatic rings. The molecule has 2 saturated heterocycles. The summed E-state index contributed by atoms with van der Waals surface area (Å²) in [7, 11) is 0. The molecule has 0 aliphatic carbocycles. The quantitative estimate of drug-likeness (QED) is 0.449. The van der Waals surface area contributed by atoms with Gasteiger partial charge in [-0.05, 0) is 88.3 Å². The molecular weight excluding hydrogens is 496 g/mol. The van der Waals surface area contributed by atoms with E-state index < -0.39 is 11.2 Å². The van der Waals surface area contributed by atoms with Crippen molar-refractivity contribution in [2.75, 3.05) is 19.7 Å². The Morgan fingerprint density at radius 1 is 1.15 bits per heavy atom. The van der Waals surface area contributed by atoms with Crippen molar-refractivity contribution in [1.29, 1.82) is 0 Å². The van der Waals surface area contributed by atoms with Crippen LogP contribution in [0, 0.1) is 0 Å². The summed E-state index contributed by atoms with van der Waals surface area (Å²) in [6.45, 7) is 7.55. The van der Waals surface area contributed by atoms with Crippen LogP contribution in [0.3, 0.4) is 0 Å². The number of hydrogen-bond acceptors (Lipinski definition) is 7. The number of nitrogens with zero attached hydrogens (tertiary/aromatic N) is 4. The highest BCUT2D eigenvalue weighted by Gasteiger charge is 2.36. The molecular formula is C30H38N4O5. The molecule has 2 aliphatic heterocycles. The summed E-state index contributed by atoms with van der Waals surface area (Å²) in [6, 6.07) is 13.6. The molecule has 1 amide bonds. The molecule has 39 heavy (non-hydrogen) atoms. The Morgan fingerprint density at radius 2 is 1.97 bits per heavy atom. The zero-order valence-electron chi connectivity index (χ0n) is 23.0. The number of pyridine rings is 1. The van der Waals surface area contributed by atoms with Crippen molar-refractivity contribution in [2.45, 2.75) is 76.9 Å². The third-order valence-corrected chi connectivity index (χ3v) is 7.21. The molecule has 2 fully saturated rings. The van der Waals surface area contributed by atoms with E-state index in [9.17, 15) is 9.90 Å². The average Bonchev–Trinajstić information content (AvgIpc) is 3.42. The maximum absolute atomic E-state index is 12.4. The molecule has 0 spiro atoms. The summed E-state index contributed by atoms with van der Waals surface area (Å²) in [5, 5.41) is 15.8. The second kappa shape index (κ2) is 11.4. The van der Waals surface area contributed by atoms with Gasteiger partial charge in [-0.15, -0.1) is 0 Å². The Hall–Kier alpha value is -3.43. The predicted molar refractivity (Wildman–Crippen MR) is 146 cm³/mol. The molecule has 1 N–H and O–H groups in total. The van der Waals surface area contributed by atoms with Gasteiger partial charge in [0.05, 0.1) is 23.2 Å². The highest BCUT2D eigenvalue weighted by molar-refractivity contribution is 5.68.